The van der Waals surface area contributed by atoms with Gasteiger partial charge < -0.3 is 15.4 Å². The van der Waals surface area contributed by atoms with Crippen LogP contribution in [0.1, 0.15) is 35.1 Å². The second kappa shape index (κ2) is 8.97. The molecule has 0 aromatic heterocycles. The fourth-order valence-corrected chi connectivity index (χ4v) is 5.04. The summed E-state index contributed by atoms with van der Waals surface area (Å²) < 4.78 is 19.3. The number of nitrogens with one attached hydrogen (secondary N) is 2. The highest BCUT2D eigenvalue weighted by molar-refractivity contribution is 6.32. The minimum Gasteiger partial charge on any atom is -0.497 e. The Hall–Kier alpha value is -2.82. The number of anilines is 1. The lowest BCUT2D eigenvalue weighted by Gasteiger charge is -2.26. The van der Waals surface area contributed by atoms with Gasteiger partial charge in [-0.05, 0) is 95.6 Å². The number of aryl methyl sites for hydroxylation is 1. The molecule has 0 radical (unpaired) electrons. The minimum atomic E-state index is -0.324. The van der Waals surface area contributed by atoms with Crippen molar-refractivity contribution in [2.45, 2.75) is 25.3 Å². The standard InChI is InChI=1S/C27H26ClFN2O/c1-32-22-9-4-17-5-10-24(23-11-6-19(29)14-26(23)28)27(25(17)15-22)18-2-7-20(8-3-18)31-21-12-13-30-16-21/h2-4,6-9,11,14-15,21,30-31H,5,10,12-13,16H2,1H3/t21-/m0/s1. The molecule has 3 nitrogen and oxygen atoms in total. The van der Waals surface area contributed by atoms with Gasteiger partial charge in [0.15, 0.2) is 0 Å². The van der Waals surface area contributed by atoms with Crippen LogP contribution in [0.3, 0.4) is 0 Å². The number of allylic oxidation sites excluding steroid dienone is 1. The maximum Gasteiger partial charge on any atom is 0.124 e. The van der Waals surface area contributed by atoms with Crippen LogP contribution < -0.4 is 15.4 Å². The van der Waals surface area contributed by atoms with Crippen molar-refractivity contribution in [1.29, 1.82) is 0 Å². The van der Waals surface area contributed by atoms with E-state index in [1.165, 1.54) is 17.7 Å². The summed E-state index contributed by atoms with van der Waals surface area (Å²) in [4.78, 5) is 0. The van der Waals surface area contributed by atoms with Crippen molar-refractivity contribution in [2.24, 2.45) is 0 Å². The number of ether oxygens (including phenoxy) is 1. The second-order valence-electron chi connectivity index (χ2n) is 8.41. The molecule has 0 saturated carbocycles. The van der Waals surface area contributed by atoms with Gasteiger partial charge in [0.1, 0.15) is 11.6 Å². The van der Waals surface area contributed by atoms with Gasteiger partial charge in [0.25, 0.3) is 0 Å². The summed E-state index contributed by atoms with van der Waals surface area (Å²) >= 11 is 6.51. The second-order valence-corrected chi connectivity index (χ2v) is 8.82. The summed E-state index contributed by atoms with van der Waals surface area (Å²) in [5, 5.41) is 7.44. The molecule has 3 aromatic rings. The SMILES string of the molecule is COc1ccc2c(c1)C(c1ccc(N[C@H]3CCNC3)cc1)=C(c1ccc(F)cc1Cl)CC2. The lowest BCUT2D eigenvalue weighted by Crippen LogP contribution is -2.21. The molecule has 5 heteroatoms. The molecule has 32 heavy (non-hydrogen) atoms. The highest BCUT2D eigenvalue weighted by Crippen LogP contribution is 2.43. The summed E-state index contributed by atoms with van der Waals surface area (Å²) in [7, 11) is 1.68. The molecule has 2 N–H and O–H groups in total. The number of hydrogen-bond acceptors (Lipinski definition) is 3. The van der Waals surface area contributed by atoms with Crippen LogP contribution in [0.4, 0.5) is 10.1 Å². The first-order chi connectivity index (χ1) is 15.6. The van der Waals surface area contributed by atoms with Gasteiger partial charge in [-0.1, -0.05) is 35.9 Å². The van der Waals surface area contributed by atoms with Gasteiger partial charge in [-0.3, -0.25) is 0 Å². The molecule has 0 bridgehead atoms. The van der Waals surface area contributed by atoms with Gasteiger partial charge in [0, 0.05) is 18.3 Å². The molecule has 0 amide bonds. The molecule has 0 unspecified atom stereocenters. The first kappa shape index (κ1) is 21.0. The maximum absolute atomic E-state index is 13.8. The molecule has 164 valence electrons. The van der Waals surface area contributed by atoms with E-state index < -0.39 is 0 Å². The molecule has 5 rings (SSSR count). The van der Waals surface area contributed by atoms with Crippen LogP contribution in [-0.2, 0) is 6.42 Å². The third kappa shape index (κ3) is 4.13. The fraction of sp³-hybridized carbons (Fsp3) is 0.259. The summed E-state index contributed by atoms with van der Waals surface area (Å²) in [5.74, 6) is 0.496. The zero-order chi connectivity index (χ0) is 22.1. The number of halogens is 2. The molecule has 1 saturated heterocycles. The Bertz CT molecular complexity index is 1170. The molecule has 1 aliphatic carbocycles. The predicted molar refractivity (Wildman–Crippen MR) is 130 cm³/mol. The largest absolute Gasteiger partial charge is 0.497 e. The minimum absolute atomic E-state index is 0.324. The van der Waals surface area contributed by atoms with Gasteiger partial charge in [-0.2, -0.15) is 0 Å². The number of methoxy groups -OCH3 is 1. The third-order valence-electron chi connectivity index (χ3n) is 6.39. The van der Waals surface area contributed by atoms with Crippen molar-refractivity contribution in [3.8, 4) is 5.75 Å². The third-order valence-corrected chi connectivity index (χ3v) is 6.71. The lowest BCUT2D eigenvalue weighted by atomic mass is 9.79. The smallest absolute Gasteiger partial charge is 0.124 e. The molecular weight excluding hydrogens is 423 g/mol. The number of fused-ring (bicyclic) bond motifs is 1. The average Bonchev–Trinajstić information content (AvgIpc) is 3.32. The molecule has 0 spiro atoms. The van der Waals surface area contributed by atoms with Crippen molar-refractivity contribution < 1.29 is 9.13 Å². The van der Waals surface area contributed by atoms with E-state index in [4.69, 9.17) is 16.3 Å². The summed E-state index contributed by atoms with van der Waals surface area (Å²) in [6, 6.07) is 20.0. The molecule has 1 atom stereocenters. The van der Waals surface area contributed by atoms with Crippen LogP contribution >= 0.6 is 11.6 Å². The van der Waals surface area contributed by atoms with E-state index in [0.29, 0.717) is 11.1 Å². The van der Waals surface area contributed by atoms with Gasteiger partial charge >= 0.3 is 0 Å². The molecule has 2 aliphatic rings. The normalized spacial score (nSPS) is 17.9. The van der Waals surface area contributed by atoms with E-state index in [2.05, 4.69) is 47.0 Å². The Morgan fingerprint density at radius 3 is 2.56 bits per heavy atom. The number of benzene rings is 3. The van der Waals surface area contributed by atoms with Crippen LogP contribution in [0, 0.1) is 5.82 Å². The van der Waals surface area contributed by atoms with Gasteiger partial charge in [-0.25, -0.2) is 4.39 Å². The molecule has 3 aromatic carbocycles. The highest BCUT2D eigenvalue weighted by Gasteiger charge is 2.24. The Balaban J connectivity index is 1.62. The molecule has 1 fully saturated rings. The fourth-order valence-electron chi connectivity index (χ4n) is 4.76. The summed E-state index contributed by atoms with van der Waals surface area (Å²) in [6.45, 7) is 2.05. The van der Waals surface area contributed by atoms with Crippen molar-refractivity contribution in [3.05, 3.63) is 93.8 Å². The number of hydrogen-bond donors (Lipinski definition) is 2. The Labute approximate surface area is 193 Å². The summed E-state index contributed by atoms with van der Waals surface area (Å²) in [5.41, 5.74) is 7.81. The van der Waals surface area contributed by atoms with E-state index in [9.17, 15) is 4.39 Å². The maximum atomic E-state index is 13.8. The van der Waals surface area contributed by atoms with E-state index in [0.717, 1.165) is 71.6 Å². The van der Waals surface area contributed by atoms with Crippen LogP contribution in [0.15, 0.2) is 60.7 Å². The predicted octanol–water partition coefficient (Wildman–Crippen LogP) is 6.17. The molecule has 1 heterocycles. The quantitative estimate of drug-likeness (QED) is 0.490. The first-order valence-corrected chi connectivity index (χ1v) is 11.4. The van der Waals surface area contributed by atoms with E-state index in [-0.39, 0.29) is 5.82 Å². The Kier molecular flexibility index (Phi) is 5.90. The van der Waals surface area contributed by atoms with Crippen LogP contribution in [0.5, 0.6) is 5.75 Å². The highest BCUT2D eigenvalue weighted by atomic mass is 35.5. The van der Waals surface area contributed by atoms with Crippen LogP contribution in [0.2, 0.25) is 5.02 Å². The number of rotatable bonds is 5. The Morgan fingerprint density at radius 2 is 1.84 bits per heavy atom. The van der Waals surface area contributed by atoms with E-state index in [1.54, 1.807) is 13.2 Å². The lowest BCUT2D eigenvalue weighted by molar-refractivity contribution is 0.414. The van der Waals surface area contributed by atoms with Crippen molar-refractivity contribution >= 4 is 28.4 Å². The van der Waals surface area contributed by atoms with Crippen molar-refractivity contribution in [3.63, 3.8) is 0 Å². The topological polar surface area (TPSA) is 33.3 Å². The van der Waals surface area contributed by atoms with Crippen LogP contribution in [-0.4, -0.2) is 26.2 Å². The van der Waals surface area contributed by atoms with Gasteiger partial charge in [0.05, 0.1) is 12.1 Å². The van der Waals surface area contributed by atoms with Crippen molar-refractivity contribution in [2.75, 3.05) is 25.5 Å². The van der Waals surface area contributed by atoms with Gasteiger partial charge in [-0.15, -0.1) is 0 Å². The van der Waals surface area contributed by atoms with E-state index >= 15 is 0 Å². The molecule has 1 aliphatic heterocycles. The Morgan fingerprint density at radius 1 is 1.00 bits per heavy atom. The van der Waals surface area contributed by atoms with Crippen molar-refractivity contribution in [1.82, 2.24) is 5.32 Å². The first-order valence-electron chi connectivity index (χ1n) is 11.1. The monoisotopic (exact) mass is 448 g/mol. The average molecular weight is 449 g/mol. The summed E-state index contributed by atoms with van der Waals surface area (Å²) in [6.07, 6.45) is 2.88. The zero-order valence-electron chi connectivity index (χ0n) is 18.1. The van der Waals surface area contributed by atoms with E-state index in [1.807, 2.05) is 6.07 Å². The van der Waals surface area contributed by atoms with Gasteiger partial charge in [0.2, 0.25) is 0 Å². The van der Waals surface area contributed by atoms with Crippen LogP contribution in [0.25, 0.3) is 11.1 Å². The zero-order valence-corrected chi connectivity index (χ0v) is 18.8. The molecular formula is C27H26ClFN2O.